The molecule has 0 radical (unpaired) electrons. The number of carbonyl (C=O) groups excluding carboxylic acids is 2. The van der Waals surface area contributed by atoms with Crippen molar-refractivity contribution in [2.45, 2.75) is 6.04 Å². The molecule has 7 nitrogen and oxygen atoms in total. The predicted octanol–water partition coefficient (Wildman–Crippen LogP) is 6.15. The molecule has 0 spiro atoms. The highest BCUT2D eigenvalue weighted by Gasteiger charge is 2.48. The molecule has 1 unspecified atom stereocenters. The molecular weight excluding hydrogens is 512 g/mol. The number of ether oxygens (including phenoxy) is 2. The van der Waals surface area contributed by atoms with Gasteiger partial charge in [0, 0.05) is 10.6 Å². The largest absolute Gasteiger partial charge is 0.507 e. The van der Waals surface area contributed by atoms with Gasteiger partial charge in [-0.25, -0.2) is 4.98 Å². The second-order valence-corrected chi connectivity index (χ2v) is 9.62. The van der Waals surface area contributed by atoms with Gasteiger partial charge in [-0.05, 0) is 60.2 Å². The van der Waals surface area contributed by atoms with Crippen LogP contribution in [0, 0.1) is 0 Å². The van der Waals surface area contributed by atoms with Crippen LogP contribution >= 0.6 is 22.9 Å². The lowest BCUT2D eigenvalue weighted by atomic mass is 9.95. The summed E-state index contributed by atoms with van der Waals surface area (Å²) in [7, 11) is 1.57. The van der Waals surface area contributed by atoms with Crippen LogP contribution < -0.4 is 14.4 Å². The van der Waals surface area contributed by atoms with Crippen molar-refractivity contribution >= 4 is 55.7 Å². The molecule has 1 N–H and O–H groups in total. The number of ketones is 1. The Morgan fingerprint density at radius 3 is 2.49 bits per heavy atom. The number of methoxy groups -OCH3 is 1. The molecule has 2 heterocycles. The first-order valence-electron chi connectivity index (χ1n) is 11.3. The predicted molar refractivity (Wildman–Crippen MR) is 145 cm³/mol. The summed E-state index contributed by atoms with van der Waals surface area (Å²) in [5, 5.41) is 12.1. The minimum atomic E-state index is -0.911. The van der Waals surface area contributed by atoms with Crippen LogP contribution in [-0.2, 0) is 9.59 Å². The molecule has 1 fully saturated rings. The van der Waals surface area contributed by atoms with Gasteiger partial charge in [-0.3, -0.25) is 14.5 Å². The molecule has 4 aromatic rings. The molecule has 5 rings (SSSR count). The number of carbonyl (C=O) groups is 2. The molecule has 1 aromatic heterocycles. The average Bonchev–Trinajstić information content (AvgIpc) is 3.45. The fourth-order valence-corrected chi connectivity index (χ4v) is 5.28. The summed E-state index contributed by atoms with van der Waals surface area (Å²) in [5.41, 5.74) is 1.60. The molecule has 1 amide bonds. The van der Waals surface area contributed by atoms with E-state index in [1.165, 1.54) is 16.2 Å². The molecule has 1 atom stereocenters. The van der Waals surface area contributed by atoms with Crippen molar-refractivity contribution in [3.63, 3.8) is 0 Å². The number of hydrogen-bond donors (Lipinski definition) is 1. The second kappa shape index (κ2) is 10.1. The Kier molecular flexibility index (Phi) is 6.69. The summed E-state index contributed by atoms with van der Waals surface area (Å²) in [6.45, 7) is 3.98. The summed E-state index contributed by atoms with van der Waals surface area (Å²) in [5.74, 6) is -0.624. The number of fused-ring (bicyclic) bond motifs is 1. The van der Waals surface area contributed by atoms with E-state index >= 15 is 0 Å². The number of aromatic nitrogens is 1. The maximum atomic E-state index is 13.4. The van der Waals surface area contributed by atoms with Crippen molar-refractivity contribution < 1.29 is 24.2 Å². The zero-order valence-corrected chi connectivity index (χ0v) is 21.3. The van der Waals surface area contributed by atoms with Crippen LogP contribution in [-0.4, -0.2) is 35.5 Å². The summed E-state index contributed by atoms with van der Waals surface area (Å²) in [6.07, 6.45) is 1.64. The highest BCUT2D eigenvalue weighted by molar-refractivity contribution is 7.22. The van der Waals surface area contributed by atoms with Crippen molar-refractivity contribution in [3.05, 3.63) is 101 Å². The molecule has 0 aliphatic carbocycles. The van der Waals surface area contributed by atoms with Crippen molar-refractivity contribution in [2.75, 3.05) is 18.6 Å². The lowest BCUT2D eigenvalue weighted by molar-refractivity contribution is -0.132. The molecule has 1 aliphatic rings. The SMILES string of the molecule is C=CCOc1ccc(C2/C(=C(\O)c3ccc(Cl)cc3)C(=O)C(=O)N2c2nc3ccc(OC)cc3s2)cc1. The molecule has 0 saturated carbocycles. The number of aliphatic hydroxyl groups is 1. The number of Topliss-reactive ketones (excluding diaryl/α,β-unsaturated/α-hetero) is 1. The molecular formula is C28H21ClN2O5S. The zero-order valence-electron chi connectivity index (χ0n) is 19.7. The molecule has 1 saturated heterocycles. The first-order chi connectivity index (χ1) is 17.9. The van der Waals surface area contributed by atoms with Crippen molar-refractivity contribution in [1.82, 2.24) is 4.98 Å². The highest BCUT2D eigenvalue weighted by atomic mass is 35.5. The topological polar surface area (TPSA) is 89.0 Å². The summed E-state index contributed by atoms with van der Waals surface area (Å²) in [6, 6.07) is 17.9. The van der Waals surface area contributed by atoms with Gasteiger partial charge in [-0.15, -0.1) is 0 Å². The Balaban J connectivity index is 1.67. The quantitative estimate of drug-likeness (QED) is 0.133. The summed E-state index contributed by atoms with van der Waals surface area (Å²) < 4.78 is 11.7. The van der Waals surface area contributed by atoms with Gasteiger partial charge >= 0.3 is 5.91 Å². The zero-order chi connectivity index (χ0) is 26.1. The molecule has 37 heavy (non-hydrogen) atoms. The van der Waals surface area contributed by atoms with Gasteiger partial charge < -0.3 is 14.6 Å². The van der Waals surface area contributed by atoms with Crippen LogP contribution in [0.25, 0.3) is 16.0 Å². The Morgan fingerprint density at radius 1 is 1.11 bits per heavy atom. The van der Waals surface area contributed by atoms with Gasteiger partial charge in [0.2, 0.25) is 0 Å². The maximum absolute atomic E-state index is 13.4. The lowest BCUT2D eigenvalue weighted by Crippen LogP contribution is -2.29. The number of anilines is 1. The molecule has 0 bridgehead atoms. The Bertz CT molecular complexity index is 1540. The number of hydrogen-bond acceptors (Lipinski definition) is 7. The maximum Gasteiger partial charge on any atom is 0.301 e. The van der Waals surface area contributed by atoms with E-state index in [1.54, 1.807) is 73.8 Å². The monoisotopic (exact) mass is 532 g/mol. The number of aliphatic hydroxyl groups excluding tert-OH is 1. The van der Waals surface area contributed by atoms with E-state index in [-0.39, 0.29) is 11.3 Å². The van der Waals surface area contributed by atoms with Crippen LogP contribution in [0.15, 0.2) is 85.0 Å². The van der Waals surface area contributed by atoms with Crippen LogP contribution in [0.3, 0.4) is 0 Å². The van der Waals surface area contributed by atoms with E-state index in [9.17, 15) is 14.7 Å². The number of nitrogens with zero attached hydrogens (tertiary/aromatic N) is 2. The van der Waals surface area contributed by atoms with E-state index in [2.05, 4.69) is 11.6 Å². The Labute approximate surface area is 221 Å². The average molecular weight is 533 g/mol. The first-order valence-corrected chi connectivity index (χ1v) is 12.5. The fraction of sp³-hybridized carbons (Fsp3) is 0.107. The van der Waals surface area contributed by atoms with Gasteiger partial charge in [0.1, 0.15) is 23.9 Å². The van der Waals surface area contributed by atoms with Gasteiger partial charge in [-0.1, -0.05) is 47.7 Å². The normalized spacial score (nSPS) is 16.8. The third-order valence-electron chi connectivity index (χ3n) is 5.92. The smallest absolute Gasteiger partial charge is 0.301 e. The molecule has 3 aromatic carbocycles. The summed E-state index contributed by atoms with van der Waals surface area (Å²) in [4.78, 5) is 32.7. The molecule has 186 valence electrons. The first kappa shape index (κ1) is 24.5. The van der Waals surface area contributed by atoms with Crippen LogP contribution in [0.2, 0.25) is 5.02 Å². The van der Waals surface area contributed by atoms with Crippen LogP contribution in [0.5, 0.6) is 11.5 Å². The Hall–Kier alpha value is -4.14. The third-order valence-corrected chi connectivity index (χ3v) is 7.19. The van der Waals surface area contributed by atoms with E-state index in [0.29, 0.717) is 44.9 Å². The Morgan fingerprint density at radius 2 is 1.81 bits per heavy atom. The third kappa shape index (κ3) is 4.57. The minimum absolute atomic E-state index is 0.0380. The van der Waals surface area contributed by atoms with Gasteiger partial charge in [0.15, 0.2) is 5.13 Å². The standard InChI is InChI=1S/C28H21ClN2O5S/c1-3-14-36-19-10-6-16(7-11-19)24-23(25(32)17-4-8-18(29)9-5-17)26(33)27(34)31(24)28-30-21-13-12-20(35-2)15-22(21)37-28/h3-13,15,24,32H,1,14H2,2H3/b25-23+. The highest BCUT2D eigenvalue weighted by Crippen LogP contribution is 2.45. The number of halogens is 1. The molecule has 1 aliphatic heterocycles. The molecule has 9 heteroatoms. The minimum Gasteiger partial charge on any atom is -0.507 e. The van der Waals surface area contributed by atoms with Crippen LogP contribution in [0.4, 0.5) is 5.13 Å². The van der Waals surface area contributed by atoms with E-state index in [1.807, 2.05) is 6.07 Å². The van der Waals surface area contributed by atoms with Crippen LogP contribution in [0.1, 0.15) is 17.2 Å². The second-order valence-electron chi connectivity index (χ2n) is 8.17. The van der Waals surface area contributed by atoms with Gasteiger partial charge in [0.25, 0.3) is 5.78 Å². The van der Waals surface area contributed by atoms with E-state index in [0.717, 1.165) is 4.70 Å². The van der Waals surface area contributed by atoms with Crippen molar-refractivity contribution in [1.29, 1.82) is 0 Å². The number of rotatable bonds is 7. The number of benzene rings is 3. The summed E-state index contributed by atoms with van der Waals surface area (Å²) >= 11 is 7.26. The van der Waals surface area contributed by atoms with Crippen molar-refractivity contribution in [3.8, 4) is 11.5 Å². The van der Waals surface area contributed by atoms with E-state index in [4.69, 9.17) is 21.1 Å². The number of thiazole rings is 1. The van der Waals surface area contributed by atoms with Gasteiger partial charge in [0.05, 0.1) is 28.9 Å². The fourth-order valence-electron chi connectivity index (χ4n) is 4.13. The van der Waals surface area contributed by atoms with E-state index < -0.39 is 17.7 Å². The van der Waals surface area contributed by atoms with Crippen molar-refractivity contribution in [2.24, 2.45) is 0 Å². The number of amides is 1. The van der Waals surface area contributed by atoms with Gasteiger partial charge in [-0.2, -0.15) is 0 Å². The lowest BCUT2D eigenvalue weighted by Gasteiger charge is -2.23.